The Morgan fingerprint density at radius 3 is 2.57 bits per heavy atom. The molecule has 0 spiro atoms. The molecule has 4 atom stereocenters. The van der Waals surface area contributed by atoms with Crippen molar-refractivity contribution >= 4 is 5.91 Å². The van der Waals surface area contributed by atoms with Crippen molar-refractivity contribution in [2.24, 2.45) is 17.8 Å². The van der Waals surface area contributed by atoms with Gasteiger partial charge in [-0.3, -0.25) is 4.79 Å². The van der Waals surface area contributed by atoms with E-state index >= 15 is 0 Å². The summed E-state index contributed by atoms with van der Waals surface area (Å²) in [5.41, 5.74) is 0. The predicted molar refractivity (Wildman–Crippen MR) is 86.1 cm³/mol. The van der Waals surface area contributed by atoms with Gasteiger partial charge in [0, 0.05) is 18.4 Å². The van der Waals surface area contributed by atoms with E-state index in [4.69, 9.17) is 4.74 Å². The first-order valence-electron chi connectivity index (χ1n) is 8.99. The van der Waals surface area contributed by atoms with E-state index in [1.165, 1.54) is 32.1 Å². The van der Waals surface area contributed by atoms with E-state index in [9.17, 15) is 4.79 Å². The van der Waals surface area contributed by atoms with Crippen molar-refractivity contribution in [2.75, 3.05) is 0 Å². The summed E-state index contributed by atoms with van der Waals surface area (Å²) < 4.78 is 6.40. The first-order valence-corrected chi connectivity index (χ1v) is 8.99. The SMILES string of the molecule is CCC(CC)[C@H]1C[C@@H](NC(=O)CC(C)C)[C@@H]2CCC[C@H]2O1. The maximum Gasteiger partial charge on any atom is 0.220 e. The van der Waals surface area contributed by atoms with Gasteiger partial charge in [0.2, 0.25) is 5.91 Å². The molecule has 3 nitrogen and oxygen atoms in total. The highest BCUT2D eigenvalue weighted by Crippen LogP contribution is 2.40. The zero-order chi connectivity index (χ0) is 15.4. The molecule has 1 amide bonds. The van der Waals surface area contributed by atoms with E-state index in [0.717, 1.165) is 6.42 Å². The van der Waals surface area contributed by atoms with E-state index in [-0.39, 0.29) is 5.91 Å². The largest absolute Gasteiger partial charge is 0.374 e. The fourth-order valence-corrected chi connectivity index (χ4v) is 4.21. The van der Waals surface area contributed by atoms with Crippen molar-refractivity contribution in [3.8, 4) is 0 Å². The lowest BCUT2D eigenvalue weighted by molar-refractivity contribution is -0.130. The molecule has 1 aliphatic carbocycles. The van der Waals surface area contributed by atoms with Gasteiger partial charge < -0.3 is 10.1 Å². The summed E-state index contributed by atoms with van der Waals surface area (Å²) in [6.45, 7) is 8.72. The third-order valence-corrected chi connectivity index (χ3v) is 5.37. The number of amides is 1. The topological polar surface area (TPSA) is 38.3 Å². The van der Waals surface area contributed by atoms with Crippen molar-refractivity contribution in [3.05, 3.63) is 0 Å². The molecule has 0 aromatic heterocycles. The summed E-state index contributed by atoms with van der Waals surface area (Å²) in [6, 6.07) is 0.336. The van der Waals surface area contributed by atoms with Crippen LogP contribution in [0.15, 0.2) is 0 Å². The second-order valence-electron chi connectivity index (χ2n) is 7.39. The van der Waals surface area contributed by atoms with E-state index in [1.54, 1.807) is 0 Å². The van der Waals surface area contributed by atoms with Crippen LogP contribution in [-0.4, -0.2) is 24.2 Å². The van der Waals surface area contributed by atoms with Gasteiger partial charge in [-0.15, -0.1) is 0 Å². The Balaban J connectivity index is 2.01. The van der Waals surface area contributed by atoms with Crippen LogP contribution < -0.4 is 5.32 Å². The normalized spacial score (nSPS) is 32.5. The number of fused-ring (bicyclic) bond motifs is 1. The highest BCUT2D eigenvalue weighted by atomic mass is 16.5. The Morgan fingerprint density at radius 1 is 1.24 bits per heavy atom. The maximum absolute atomic E-state index is 12.2. The third-order valence-electron chi connectivity index (χ3n) is 5.37. The summed E-state index contributed by atoms with van der Waals surface area (Å²) in [6.07, 6.45) is 8.36. The van der Waals surface area contributed by atoms with E-state index in [0.29, 0.717) is 42.4 Å². The van der Waals surface area contributed by atoms with Gasteiger partial charge in [0.15, 0.2) is 0 Å². The van der Waals surface area contributed by atoms with Crippen LogP contribution in [0.25, 0.3) is 0 Å². The lowest BCUT2D eigenvalue weighted by Gasteiger charge is -2.42. The van der Waals surface area contributed by atoms with Crippen molar-refractivity contribution in [3.63, 3.8) is 0 Å². The molecule has 2 aliphatic rings. The summed E-state index contributed by atoms with van der Waals surface area (Å²) in [5.74, 6) is 1.84. The first kappa shape index (κ1) is 16.8. The maximum atomic E-state index is 12.2. The molecule has 1 aliphatic heterocycles. The lowest BCUT2D eigenvalue weighted by Crippen LogP contribution is -2.52. The first-order chi connectivity index (χ1) is 10.0. The molecule has 2 rings (SSSR count). The summed E-state index contributed by atoms with van der Waals surface area (Å²) in [5, 5.41) is 3.34. The summed E-state index contributed by atoms with van der Waals surface area (Å²) >= 11 is 0. The van der Waals surface area contributed by atoms with Gasteiger partial charge in [-0.2, -0.15) is 0 Å². The fourth-order valence-electron chi connectivity index (χ4n) is 4.21. The highest BCUT2D eigenvalue weighted by Gasteiger charge is 2.43. The predicted octanol–water partition coefficient (Wildman–Crippen LogP) is 3.91. The van der Waals surface area contributed by atoms with E-state index in [1.807, 2.05) is 0 Å². The lowest BCUT2D eigenvalue weighted by atomic mass is 9.82. The number of carbonyl (C=O) groups excluding carboxylic acids is 1. The molecule has 0 aromatic carbocycles. The zero-order valence-electron chi connectivity index (χ0n) is 14.2. The molecular formula is C18H33NO2. The van der Waals surface area contributed by atoms with Gasteiger partial charge in [-0.25, -0.2) is 0 Å². The molecule has 1 heterocycles. The molecule has 1 saturated heterocycles. The number of rotatable bonds is 6. The Kier molecular flexibility index (Phi) is 6.09. The molecule has 0 unspecified atom stereocenters. The number of nitrogens with one attached hydrogen (secondary N) is 1. The minimum atomic E-state index is 0.228. The average molecular weight is 295 g/mol. The van der Waals surface area contributed by atoms with Crippen molar-refractivity contribution < 1.29 is 9.53 Å². The molecule has 2 fully saturated rings. The van der Waals surface area contributed by atoms with Crippen LogP contribution in [0.5, 0.6) is 0 Å². The van der Waals surface area contributed by atoms with Crippen LogP contribution in [0.3, 0.4) is 0 Å². The molecule has 1 saturated carbocycles. The number of ether oxygens (including phenoxy) is 1. The van der Waals surface area contributed by atoms with Gasteiger partial charge in [-0.05, 0) is 31.1 Å². The average Bonchev–Trinajstić information content (AvgIpc) is 2.87. The third kappa shape index (κ3) is 4.21. The van der Waals surface area contributed by atoms with Crippen molar-refractivity contribution in [1.29, 1.82) is 0 Å². The Hall–Kier alpha value is -0.570. The standard InChI is InChI=1S/C18H33NO2/c1-5-13(6-2)17-11-15(19-18(20)10-12(3)4)14-8-7-9-16(14)21-17/h12-17H,5-11H2,1-4H3,(H,19,20)/t14-,15+,16+,17+/m0/s1. The molecule has 0 aromatic rings. The summed E-state index contributed by atoms with van der Waals surface area (Å²) in [4.78, 5) is 12.2. The van der Waals surface area contributed by atoms with Crippen LogP contribution in [0.2, 0.25) is 0 Å². The van der Waals surface area contributed by atoms with Crippen LogP contribution in [0, 0.1) is 17.8 Å². The minimum Gasteiger partial charge on any atom is -0.374 e. The van der Waals surface area contributed by atoms with Gasteiger partial charge in [0.25, 0.3) is 0 Å². The number of carbonyl (C=O) groups is 1. The zero-order valence-corrected chi connectivity index (χ0v) is 14.2. The van der Waals surface area contributed by atoms with Gasteiger partial charge in [0.1, 0.15) is 0 Å². The second-order valence-corrected chi connectivity index (χ2v) is 7.39. The van der Waals surface area contributed by atoms with Crippen LogP contribution >= 0.6 is 0 Å². The molecular weight excluding hydrogens is 262 g/mol. The Bertz CT molecular complexity index is 338. The van der Waals surface area contributed by atoms with Crippen LogP contribution in [0.1, 0.15) is 72.6 Å². The molecule has 0 bridgehead atoms. The van der Waals surface area contributed by atoms with Gasteiger partial charge in [0.05, 0.1) is 12.2 Å². The monoisotopic (exact) mass is 295 g/mol. The fraction of sp³-hybridized carbons (Fsp3) is 0.944. The smallest absolute Gasteiger partial charge is 0.220 e. The number of hydrogen-bond acceptors (Lipinski definition) is 2. The summed E-state index contributed by atoms with van der Waals surface area (Å²) in [7, 11) is 0. The quantitative estimate of drug-likeness (QED) is 0.807. The van der Waals surface area contributed by atoms with Crippen molar-refractivity contribution in [2.45, 2.75) is 90.9 Å². The molecule has 0 radical (unpaired) electrons. The Morgan fingerprint density at radius 2 is 1.95 bits per heavy atom. The van der Waals surface area contributed by atoms with Crippen LogP contribution in [-0.2, 0) is 9.53 Å². The van der Waals surface area contributed by atoms with E-state index in [2.05, 4.69) is 33.0 Å². The molecule has 1 N–H and O–H groups in total. The van der Waals surface area contributed by atoms with Crippen LogP contribution in [0.4, 0.5) is 0 Å². The van der Waals surface area contributed by atoms with Crippen molar-refractivity contribution in [1.82, 2.24) is 5.32 Å². The Labute approximate surface area is 130 Å². The molecule has 3 heteroatoms. The van der Waals surface area contributed by atoms with Gasteiger partial charge >= 0.3 is 0 Å². The van der Waals surface area contributed by atoms with E-state index < -0.39 is 0 Å². The minimum absolute atomic E-state index is 0.228. The molecule has 122 valence electrons. The molecule has 21 heavy (non-hydrogen) atoms. The highest BCUT2D eigenvalue weighted by molar-refractivity contribution is 5.76. The number of hydrogen-bond donors (Lipinski definition) is 1. The second kappa shape index (κ2) is 7.62. The van der Waals surface area contributed by atoms with Gasteiger partial charge in [-0.1, -0.05) is 47.0 Å².